The van der Waals surface area contributed by atoms with Gasteiger partial charge in [0.05, 0.1) is 4.58 Å². The maximum absolute atomic E-state index is 10.4. The van der Waals surface area contributed by atoms with Crippen LogP contribution in [0.2, 0.25) is 0 Å². The number of nitrogens with two attached hydrogens (primary N) is 1. The Hall–Kier alpha value is 0.130. The van der Waals surface area contributed by atoms with Gasteiger partial charge in [0.25, 0.3) is 0 Å². The fourth-order valence-electron chi connectivity index (χ4n) is 1.01. The van der Waals surface area contributed by atoms with Crippen LogP contribution in [-0.4, -0.2) is 33.2 Å². The smallest absolute Gasteiger partial charge is 0.320 e. The molecule has 70 valence electrons. The predicted molar refractivity (Wildman–Crippen MR) is 53.5 cm³/mol. The van der Waals surface area contributed by atoms with Gasteiger partial charge in [-0.2, -0.15) is 0 Å². The Bertz CT molecular complexity index is 159. The second-order valence-corrected chi connectivity index (χ2v) is 5.61. The molecule has 1 rings (SSSR count). The zero-order valence-corrected chi connectivity index (χ0v) is 8.37. The van der Waals surface area contributed by atoms with Gasteiger partial charge in [0, 0.05) is 11.5 Å². The van der Waals surface area contributed by atoms with Crippen LogP contribution in [0.4, 0.5) is 0 Å². The van der Waals surface area contributed by atoms with Crippen LogP contribution in [0.5, 0.6) is 0 Å². The molecule has 1 atom stereocenters. The maximum atomic E-state index is 10.4. The van der Waals surface area contributed by atoms with Gasteiger partial charge in [0.2, 0.25) is 0 Å². The summed E-state index contributed by atoms with van der Waals surface area (Å²) in [7, 11) is 0. The van der Waals surface area contributed by atoms with Crippen LogP contribution in [0.1, 0.15) is 12.8 Å². The Labute approximate surface area is 80.5 Å². The summed E-state index contributed by atoms with van der Waals surface area (Å²) in [4.78, 5) is 10.4. The molecule has 12 heavy (non-hydrogen) atoms. The van der Waals surface area contributed by atoms with Gasteiger partial charge in [-0.15, -0.1) is 23.5 Å². The number of hydrogen-bond acceptors (Lipinski definition) is 4. The van der Waals surface area contributed by atoms with Crippen molar-refractivity contribution >= 4 is 29.5 Å². The fraction of sp³-hybridized carbons (Fsp3) is 0.857. The molecule has 0 saturated carbocycles. The Morgan fingerprint density at radius 1 is 1.58 bits per heavy atom. The molecule has 1 aliphatic rings. The molecular formula is C7H13NO2S2. The zero-order valence-electron chi connectivity index (χ0n) is 6.73. The number of hydrogen-bond donors (Lipinski definition) is 2. The summed E-state index contributed by atoms with van der Waals surface area (Å²) in [6.45, 7) is 0. The monoisotopic (exact) mass is 207 g/mol. The molecule has 1 aliphatic heterocycles. The molecule has 3 nitrogen and oxygen atoms in total. The van der Waals surface area contributed by atoms with Gasteiger partial charge in [-0.1, -0.05) is 0 Å². The van der Waals surface area contributed by atoms with E-state index in [9.17, 15) is 4.79 Å². The molecule has 0 aromatic heterocycles. The summed E-state index contributed by atoms with van der Waals surface area (Å²) >= 11 is 3.82. The van der Waals surface area contributed by atoms with Crippen molar-refractivity contribution in [3.05, 3.63) is 0 Å². The highest BCUT2D eigenvalue weighted by Gasteiger charge is 2.19. The summed E-state index contributed by atoms with van der Waals surface area (Å²) in [5, 5.41) is 8.52. The second kappa shape index (κ2) is 4.99. The highest BCUT2D eigenvalue weighted by Crippen LogP contribution is 2.35. The summed E-state index contributed by atoms with van der Waals surface area (Å²) in [6, 6.07) is -0.674. The molecule has 1 saturated heterocycles. The van der Waals surface area contributed by atoms with E-state index in [-0.39, 0.29) is 0 Å². The van der Waals surface area contributed by atoms with E-state index >= 15 is 0 Å². The lowest BCUT2D eigenvalue weighted by Gasteiger charge is -2.09. The van der Waals surface area contributed by atoms with Crippen molar-refractivity contribution in [3.63, 3.8) is 0 Å². The van der Waals surface area contributed by atoms with Crippen molar-refractivity contribution in [1.82, 2.24) is 0 Å². The van der Waals surface area contributed by atoms with Crippen molar-refractivity contribution in [2.75, 3.05) is 11.5 Å². The van der Waals surface area contributed by atoms with Crippen LogP contribution in [0.25, 0.3) is 0 Å². The van der Waals surface area contributed by atoms with E-state index in [1.54, 1.807) is 0 Å². The predicted octanol–water partition coefficient (Wildman–Crippen LogP) is 0.985. The summed E-state index contributed by atoms with van der Waals surface area (Å²) in [5.41, 5.74) is 5.38. The number of aliphatic carboxylic acids is 1. The summed E-state index contributed by atoms with van der Waals surface area (Å²) in [5.74, 6) is 1.50. The lowest BCUT2D eigenvalue weighted by Crippen LogP contribution is -2.30. The third-order valence-corrected chi connectivity index (χ3v) is 4.89. The van der Waals surface area contributed by atoms with Gasteiger partial charge in [0.1, 0.15) is 6.04 Å². The quantitative estimate of drug-likeness (QED) is 0.719. The van der Waals surface area contributed by atoms with Gasteiger partial charge in [-0.25, -0.2) is 0 Å². The van der Waals surface area contributed by atoms with Crippen molar-refractivity contribution < 1.29 is 9.90 Å². The molecule has 0 aromatic rings. The van der Waals surface area contributed by atoms with E-state index in [1.165, 1.54) is 11.5 Å². The van der Waals surface area contributed by atoms with Gasteiger partial charge >= 0.3 is 5.97 Å². The number of carboxylic acid groups (broad SMARTS) is 1. The zero-order chi connectivity index (χ0) is 8.97. The normalized spacial score (nSPS) is 21.1. The first kappa shape index (κ1) is 10.2. The SMILES string of the molecule is N[C@@H](CCC1SCCS1)C(=O)O. The first-order valence-corrected chi connectivity index (χ1v) is 6.01. The fourth-order valence-corrected chi connectivity index (χ4v) is 3.88. The molecule has 0 radical (unpaired) electrons. The lowest BCUT2D eigenvalue weighted by atomic mass is 10.2. The van der Waals surface area contributed by atoms with Crippen LogP contribution >= 0.6 is 23.5 Å². The Morgan fingerprint density at radius 2 is 2.17 bits per heavy atom. The molecule has 1 fully saturated rings. The van der Waals surface area contributed by atoms with Crippen LogP contribution in [0, 0.1) is 0 Å². The molecule has 3 N–H and O–H groups in total. The minimum atomic E-state index is -0.886. The second-order valence-electron chi connectivity index (χ2n) is 2.69. The highest BCUT2D eigenvalue weighted by molar-refractivity contribution is 8.20. The van der Waals surface area contributed by atoms with E-state index in [4.69, 9.17) is 10.8 Å². The Balaban J connectivity index is 2.11. The molecule has 0 aliphatic carbocycles. The molecule has 0 amide bonds. The molecule has 1 heterocycles. The van der Waals surface area contributed by atoms with Crippen LogP contribution in [-0.2, 0) is 4.79 Å². The van der Waals surface area contributed by atoms with E-state index in [0.29, 0.717) is 11.0 Å². The Kier molecular flexibility index (Phi) is 4.25. The molecule has 0 bridgehead atoms. The van der Waals surface area contributed by atoms with Crippen LogP contribution < -0.4 is 5.73 Å². The standard InChI is InChI=1S/C7H13NO2S2/c8-5(7(9)10)1-2-6-11-3-4-12-6/h5-6H,1-4,8H2,(H,9,10)/t5-/m0/s1. The molecular weight excluding hydrogens is 194 g/mol. The lowest BCUT2D eigenvalue weighted by molar-refractivity contribution is -0.138. The number of carboxylic acids is 1. The summed E-state index contributed by atoms with van der Waals surface area (Å²) in [6.07, 6.45) is 1.52. The van der Waals surface area contributed by atoms with Crippen molar-refractivity contribution in [2.45, 2.75) is 23.5 Å². The first-order chi connectivity index (χ1) is 5.70. The third kappa shape index (κ3) is 3.25. The van der Waals surface area contributed by atoms with Crippen LogP contribution in [0.3, 0.4) is 0 Å². The minimum Gasteiger partial charge on any atom is -0.480 e. The molecule has 0 spiro atoms. The van der Waals surface area contributed by atoms with Gasteiger partial charge in [-0.05, 0) is 12.8 Å². The van der Waals surface area contributed by atoms with Crippen LogP contribution in [0.15, 0.2) is 0 Å². The summed E-state index contributed by atoms with van der Waals surface area (Å²) < 4.78 is 0.579. The third-order valence-electron chi connectivity index (χ3n) is 1.72. The average Bonchev–Trinajstić information content (AvgIpc) is 2.51. The molecule has 5 heteroatoms. The Morgan fingerprint density at radius 3 is 2.67 bits per heavy atom. The van der Waals surface area contributed by atoms with E-state index < -0.39 is 12.0 Å². The van der Waals surface area contributed by atoms with Crippen molar-refractivity contribution in [1.29, 1.82) is 0 Å². The number of thioether (sulfide) groups is 2. The largest absolute Gasteiger partial charge is 0.480 e. The first-order valence-electron chi connectivity index (χ1n) is 3.91. The number of carbonyl (C=O) groups is 1. The van der Waals surface area contributed by atoms with Gasteiger partial charge in [-0.3, -0.25) is 4.79 Å². The number of rotatable bonds is 4. The van der Waals surface area contributed by atoms with Crippen molar-refractivity contribution in [2.24, 2.45) is 5.73 Å². The van der Waals surface area contributed by atoms with E-state index in [0.717, 1.165) is 6.42 Å². The minimum absolute atomic E-state index is 0.579. The van der Waals surface area contributed by atoms with E-state index in [1.807, 2.05) is 23.5 Å². The highest BCUT2D eigenvalue weighted by atomic mass is 32.2. The van der Waals surface area contributed by atoms with Gasteiger partial charge in [0.15, 0.2) is 0 Å². The van der Waals surface area contributed by atoms with E-state index in [2.05, 4.69) is 0 Å². The molecule has 0 aromatic carbocycles. The topological polar surface area (TPSA) is 63.3 Å². The van der Waals surface area contributed by atoms with Gasteiger partial charge < -0.3 is 10.8 Å². The average molecular weight is 207 g/mol. The molecule has 0 unspecified atom stereocenters. The maximum Gasteiger partial charge on any atom is 0.320 e. The van der Waals surface area contributed by atoms with Crippen molar-refractivity contribution in [3.8, 4) is 0 Å².